The minimum atomic E-state index is -1.41. The molecule has 1 aliphatic carbocycles. The van der Waals surface area contributed by atoms with E-state index in [9.17, 15) is 18.9 Å². The molecule has 0 aromatic rings. The second kappa shape index (κ2) is 13.0. The van der Waals surface area contributed by atoms with Gasteiger partial charge in [0.05, 0.1) is 22.8 Å². The molecule has 0 aromatic carbocycles. The number of rotatable bonds is 14. The van der Waals surface area contributed by atoms with Gasteiger partial charge in [-0.05, 0) is 38.2 Å². The van der Waals surface area contributed by atoms with Gasteiger partial charge in [-0.1, -0.05) is 51.5 Å². The third-order valence-electron chi connectivity index (χ3n) is 5.19. The van der Waals surface area contributed by atoms with Gasteiger partial charge in [0.1, 0.15) is 5.60 Å². The number of carbonyl (C=O) groups excluding carboxylic acids is 2. The van der Waals surface area contributed by atoms with E-state index in [1.54, 1.807) is 6.08 Å². The van der Waals surface area contributed by atoms with Gasteiger partial charge in [-0.2, -0.15) is 0 Å². The molecule has 5 nitrogen and oxygen atoms in total. The molecule has 0 amide bonds. The molecule has 0 bridgehead atoms. The molecule has 0 heterocycles. The molecule has 6 heteroatoms. The summed E-state index contributed by atoms with van der Waals surface area (Å²) >= 11 is 0. The number of ether oxygens (including phenoxy) is 1. The van der Waals surface area contributed by atoms with Gasteiger partial charge in [-0.25, -0.2) is 0 Å². The molecule has 1 rings (SSSR count). The zero-order valence-electron chi connectivity index (χ0n) is 17.6. The van der Waals surface area contributed by atoms with Crippen molar-refractivity contribution in [2.45, 2.75) is 89.6 Å². The second-order valence-corrected chi connectivity index (χ2v) is 8.88. The van der Waals surface area contributed by atoms with Gasteiger partial charge < -0.3 is 9.84 Å². The van der Waals surface area contributed by atoms with Gasteiger partial charge in [0.15, 0.2) is 0 Å². The van der Waals surface area contributed by atoms with E-state index in [4.69, 9.17) is 0 Å². The van der Waals surface area contributed by atoms with Crippen LogP contribution in [0.1, 0.15) is 84.0 Å². The quantitative estimate of drug-likeness (QED) is 0.260. The fourth-order valence-corrected chi connectivity index (χ4v) is 4.23. The maximum Gasteiger partial charge on any atom is 0.305 e. The van der Waals surface area contributed by atoms with Crippen molar-refractivity contribution in [3.8, 4) is 0 Å². The Morgan fingerprint density at radius 2 is 1.79 bits per heavy atom. The molecule has 0 saturated heterocycles. The lowest BCUT2D eigenvalue weighted by atomic mass is 9.89. The standard InChI is InChI=1S/C22H36O5S/c1-4-5-6-7-10-13-16-22(25)17-19(28(3)26)21(24)18(22)14-11-8-9-12-15-20(23)27-2/h14,17,25H,4-13,15-16H2,1-3H3. The van der Waals surface area contributed by atoms with Crippen molar-refractivity contribution in [2.75, 3.05) is 13.4 Å². The summed E-state index contributed by atoms with van der Waals surface area (Å²) in [5.41, 5.74) is -0.922. The normalized spacial score (nSPS) is 21.8. The second-order valence-electron chi connectivity index (χ2n) is 7.53. The first kappa shape index (κ1) is 24.8. The topological polar surface area (TPSA) is 80.7 Å². The lowest BCUT2D eigenvalue weighted by molar-refractivity contribution is -0.140. The van der Waals surface area contributed by atoms with E-state index in [2.05, 4.69) is 11.7 Å². The van der Waals surface area contributed by atoms with Gasteiger partial charge in [-0.15, -0.1) is 0 Å². The number of ketones is 1. The zero-order chi connectivity index (χ0) is 21.0. The lowest BCUT2D eigenvalue weighted by Gasteiger charge is -2.22. The summed E-state index contributed by atoms with van der Waals surface area (Å²) in [6, 6.07) is 0. The first-order chi connectivity index (χ1) is 13.4. The summed E-state index contributed by atoms with van der Waals surface area (Å²) in [4.78, 5) is 24.0. The van der Waals surface area contributed by atoms with E-state index in [0.29, 0.717) is 24.8 Å². The minimum absolute atomic E-state index is 0.211. The van der Waals surface area contributed by atoms with Crippen LogP contribution in [-0.2, 0) is 25.1 Å². The molecule has 2 unspecified atom stereocenters. The highest BCUT2D eigenvalue weighted by atomic mass is 32.2. The molecule has 1 N–H and O–H groups in total. The molecule has 28 heavy (non-hydrogen) atoms. The Hall–Kier alpha value is -1.27. The largest absolute Gasteiger partial charge is 0.469 e. The molecule has 0 radical (unpaired) electrons. The number of hydrogen-bond acceptors (Lipinski definition) is 5. The molecule has 1 aliphatic rings. The monoisotopic (exact) mass is 412 g/mol. The molecule has 0 aliphatic heterocycles. The minimum Gasteiger partial charge on any atom is -0.469 e. The molecule has 0 fully saturated rings. The van der Waals surface area contributed by atoms with E-state index in [0.717, 1.165) is 38.5 Å². The van der Waals surface area contributed by atoms with Crippen molar-refractivity contribution in [3.05, 3.63) is 22.6 Å². The summed E-state index contributed by atoms with van der Waals surface area (Å²) in [6.45, 7) is 2.18. The fraction of sp³-hybridized carbons (Fsp3) is 0.727. The van der Waals surface area contributed by atoms with Crippen molar-refractivity contribution in [3.63, 3.8) is 0 Å². The Balaban J connectivity index is 2.62. The van der Waals surface area contributed by atoms with E-state index >= 15 is 0 Å². The SMILES string of the molecule is CCCCCCCCC1(O)C=C(S(C)=O)C(=O)C1=CCCCCCC(=O)OC. The Morgan fingerprint density at radius 1 is 1.14 bits per heavy atom. The molecule has 0 aromatic heterocycles. The average Bonchev–Trinajstić information content (AvgIpc) is 2.92. The number of methoxy groups -OCH3 is 1. The summed E-state index contributed by atoms with van der Waals surface area (Å²) in [5.74, 6) is -0.499. The van der Waals surface area contributed by atoms with Crippen LogP contribution in [0.4, 0.5) is 0 Å². The molecular formula is C22H36O5S. The number of Topliss-reactive ketones (excluding diaryl/α,β-unsaturated/α-hetero) is 1. The molecule has 0 spiro atoms. The fourth-order valence-electron chi connectivity index (χ4n) is 3.49. The van der Waals surface area contributed by atoms with Crippen molar-refractivity contribution < 1.29 is 23.6 Å². The number of hydrogen-bond donors (Lipinski definition) is 1. The van der Waals surface area contributed by atoms with Gasteiger partial charge in [0.25, 0.3) is 0 Å². The van der Waals surface area contributed by atoms with Crippen LogP contribution in [0.15, 0.2) is 22.6 Å². The summed E-state index contributed by atoms with van der Waals surface area (Å²) in [6.07, 6.45) is 15.4. The summed E-state index contributed by atoms with van der Waals surface area (Å²) in [5, 5.41) is 11.1. The van der Waals surface area contributed by atoms with Crippen LogP contribution in [0, 0.1) is 0 Å². The van der Waals surface area contributed by atoms with Crippen LogP contribution < -0.4 is 0 Å². The number of esters is 1. The van der Waals surface area contributed by atoms with E-state index < -0.39 is 16.4 Å². The van der Waals surface area contributed by atoms with Crippen molar-refractivity contribution >= 4 is 22.6 Å². The maximum atomic E-state index is 12.6. The van der Waals surface area contributed by atoms with Gasteiger partial charge >= 0.3 is 5.97 Å². The predicted molar refractivity (Wildman–Crippen MR) is 113 cm³/mol. The smallest absolute Gasteiger partial charge is 0.305 e. The van der Waals surface area contributed by atoms with Crippen LogP contribution in [0.5, 0.6) is 0 Å². The van der Waals surface area contributed by atoms with Crippen LogP contribution >= 0.6 is 0 Å². The van der Waals surface area contributed by atoms with Crippen molar-refractivity contribution in [1.29, 1.82) is 0 Å². The first-order valence-corrected chi connectivity index (χ1v) is 12.0. The van der Waals surface area contributed by atoms with Crippen molar-refractivity contribution in [1.82, 2.24) is 0 Å². The number of carbonyl (C=O) groups is 2. The highest BCUT2D eigenvalue weighted by Gasteiger charge is 2.42. The Kier molecular flexibility index (Phi) is 11.5. The summed E-state index contributed by atoms with van der Waals surface area (Å²) in [7, 11) is -0.0270. The van der Waals surface area contributed by atoms with Crippen LogP contribution in [0.25, 0.3) is 0 Å². The highest BCUT2D eigenvalue weighted by molar-refractivity contribution is 7.89. The molecular weight excluding hydrogens is 376 g/mol. The van der Waals surface area contributed by atoms with Gasteiger partial charge in [0.2, 0.25) is 5.78 Å². The van der Waals surface area contributed by atoms with Crippen LogP contribution in [0.3, 0.4) is 0 Å². The Bertz CT molecular complexity index is 608. The van der Waals surface area contributed by atoms with Crippen LogP contribution in [0.2, 0.25) is 0 Å². The van der Waals surface area contributed by atoms with E-state index in [-0.39, 0.29) is 16.7 Å². The van der Waals surface area contributed by atoms with Crippen LogP contribution in [-0.4, -0.2) is 40.0 Å². The maximum absolute atomic E-state index is 12.6. The number of allylic oxidation sites excluding steroid dienone is 2. The van der Waals surface area contributed by atoms with E-state index in [1.807, 2.05) is 0 Å². The number of unbranched alkanes of at least 4 members (excludes halogenated alkanes) is 8. The van der Waals surface area contributed by atoms with Crippen molar-refractivity contribution in [2.24, 2.45) is 0 Å². The van der Waals surface area contributed by atoms with E-state index in [1.165, 1.54) is 38.7 Å². The predicted octanol–water partition coefficient (Wildman–Crippen LogP) is 4.36. The molecule has 160 valence electrons. The zero-order valence-corrected chi connectivity index (χ0v) is 18.4. The lowest BCUT2D eigenvalue weighted by Crippen LogP contribution is -2.28. The summed E-state index contributed by atoms with van der Waals surface area (Å²) < 4.78 is 16.5. The third-order valence-corrected chi connectivity index (χ3v) is 6.11. The molecule has 0 saturated carbocycles. The molecule has 2 atom stereocenters. The Morgan fingerprint density at radius 3 is 2.43 bits per heavy atom. The first-order valence-electron chi connectivity index (χ1n) is 10.5. The Labute approximate surface area is 172 Å². The highest BCUT2D eigenvalue weighted by Crippen LogP contribution is 2.36. The third kappa shape index (κ3) is 8.00. The van der Waals surface area contributed by atoms with Gasteiger partial charge in [-0.3, -0.25) is 13.8 Å². The number of aliphatic hydroxyl groups is 1. The average molecular weight is 413 g/mol. The van der Waals surface area contributed by atoms with Gasteiger partial charge in [0, 0.05) is 18.2 Å².